The Labute approximate surface area is 151 Å². The standard InChI is InChI=1S/C18H14N6O3/c1-24-11-7-3-2-6-10(11)16(25)13(18(24)27)14-15(17(26)23-21-14)22-20-12-8-4-5-9-19-12/h2-9,25H,1H3,(H2,21,23,26). The minimum absolute atomic E-state index is 0.0588. The number of benzene rings is 1. The molecule has 27 heavy (non-hydrogen) atoms. The van der Waals surface area contributed by atoms with Gasteiger partial charge in [-0.1, -0.05) is 18.2 Å². The third-order valence-electron chi connectivity index (χ3n) is 4.18. The molecule has 0 aliphatic heterocycles. The van der Waals surface area contributed by atoms with Crippen LogP contribution in [0.2, 0.25) is 0 Å². The summed E-state index contributed by atoms with van der Waals surface area (Å²) >= 11 is 0. The monoisotopic (exact) mass is 362 g/mol. The minimum atomic E-state index is -0.570. The van der Waals surface area contributed by atoms with Crippen molar-refractivity contribution in [1.82, 2.24) is 19.7 Å². The number of nitrogens with one attached hydrogen (secondary N) is 2. The Morgan fingerprint density at radius 3 is 2.59 bits per heavy atom. The molecule has 9 nitrogen and oxygen atoms in total. The smallest absolute Gasteiger partial charge is 0.292 e. The number of hydrogen-bond donors (Lipinski definition) is 3. The molecule has 0 fully saturated rings. The summed E-state index contributed by atoms with van der Waals surface area (Å²) in [4.78, 5) is 29.0. The Hall–Kier alpha value is -4.01. The Bertz CT molecular complexity index is 1280. The summed E-state index contributed by atoms with van der Waals surface area (Å²) < 4.78 is 1.40. The zero-order chi connectivity index (χ0) is 19.0. The molecule has 0 aliphatic carbocycles. The maximum absolute atomic E-state index is 12.8. The van der Waals surface area contributed by atoms with Gasteiger partial charge in [0, 0.05) is 18.6 Å². The first kappa shape index (κ1) is 16.5. The lowest BCUT2D eigenvalue weighted by atomic mass is 10.1. The summed E-state index contributed by atoms with van der Waals surface area (Å²) in [6, 6.07) is 12.0. The molecule has 0 bridgehead atoms. The minimum Gasteiger partial charge on any atom is -0.506 e. The lowest BCUT2D eigenvalue weighted by molar-refractivity contribution is 0.481. The van der Waals surface area contributed by atoms with Gasteiger partial charge in [0.05, 0.1) is 5.52 Å². The molecular weight excluding hydrogens is 348 g/mol. The summed E-state index contributed by atoms with van der Waals surface area (Å²) in [5, 5.41) is 24.0. The quantitative estimate of drug-likeness (QED) is 0.484. The number of azo groups is 1. The van der Waals surface area contributed by atoms with Gasteiger partial charge in [-0.2, -0.15) is 0 Å². The summed E-state index contributed by atoms with van der Waals surface area (Å²) in [7, 11) is 1.59. The molecule has 0 unspecified atom stereocenters. The van der Waals surface area contributed by atoms with Crippen molar-refractivity contribution in [3.8, 4) is 17.0 Å². The highest BCUT2D eigenvalue weighted by molar-refractivity contribution is 5.93. The molecule has 4 aromatic rings. The number of pyridine rings is 2. The van der Waals surface area contributed by atoms with E-state index in [1.165, 1.54) is 4.57 Å². The Morgan fingerprint density at radius 1 is 1.04 bits per heavy atom. The third-order valence-corrected chi connectivity index (χ3v) is 4.18. The van der Waals surface area contributed by atoms with Crippen LogP contribution in [0.1, 0.15) is 0 Å². The van der Waals surface area contributed by atoms with Crippen LogP contribution in [0.3, 0.4) is 0 Å². The van der Waals surface area contributed by atoms with Gasteiger partial charge in [0.1, 0.15) is 17.0 Å². The first-order valence-corrected chi connectivity index (χ1v) is 8.02. The average Bonchev–Trinajstić information content (AvgIpc) is 3.06. The normalized spacial score (nSPS) is 11.4. The number of rotatable bonds is 3. The number of nitrogens with zero attached hydrogens (tertiary/aromatic N) is 4. The van der Waals surface area contributed by atoms with Gasteiger partial charge in [0.25, 0.3) is 11.1 Å². The maximum atomic E-state index is 12.8. The van der Waals surface area contributed by atoms with E-state index in [0.29, 0.717) is 16.7 Å². The molecule has 0 radical (unpaired) electrons. The topological polar surface area (TPSA) is 128 Å². The van der Waals surface area contributed by atoms with Crippen LogP contribution in [-0.2, 0) is 7.05 Å². The predicted molar refractivity (Wildman–Crippen MR) is 99.7 cm³/mol. The molecule has 3 heterocycles. The fraction of sp³-hybridized carbons (Fsp3) is 0.0556. The van der Waals surface area contributed by atoms with Crippen LogP contribution in [0.4, 0.5) is 11.5 Å². The second-order valence-corrected chi connectivity index (χ2v) is 5.80. The fourth-order valence-corrected chi connectivity index (χ4v) is 2.85. The van der Waals surface area contributed by atoms with Crippen LogP contribution < -0.4 is 11.1 Å². The predicted octanol–water partition coefficient (Wildman–Crippen LogP) is 2.74. The summed E-state index contributed by atoms with van der Waals surface area (Å²) in [6.07, 6.45) is 1.54. The van der Waals surface area contributed by atoms with Gasteiger partial charge in [-0.05, 0) is 24.3 Å². The molecule has 0 saturated heterocycles. The van der Waals surface area contributed by atoms with Crippen molar-refractivity contribution in [1.29, 1.82) is 0 Å². The highest BCUT2D eigenvalue weighted by Gasteiger charge is 2.22. The third kappa shape index (κ3) is 2.71. The van der Waals surface area contributed by atoms with Crippen molar-refractivity contribution >= 4 is 22.4 Å². The summed E-state index contributed by atoms with van der Waals surface area (Å²) in [5.41, 5.74) is -0.607. The molecule has 3 N–H and O–H groups in total. The molecule has 134 valence electrons. The van der Waals surface area contributed by atoms with Gasteiger partial charge < -0.3 is 9.67 Å². The zero-order valence-electron chi connectivity index (χ0n) is 14.2. The largest absolute Gasteiger partial charge is 0.506 e. The number of H-pyrrole nitrogens is 2. The second-order valence-electron chi connectivity index (χ2n) is 5.80. The first-order valence-electron chi connectivity index (χ1n) is 8.02. The van der Waals surface area contributed by atoms with Gasteiger partial charge >= 0.3 is 0 Å². The summed E-state index contributed by atoms with van der Waals surface area (Å²) in [5.74, 6) is 0.0675. The van der Waals surface area contributed by atoms with Crippen LogP contribution in [0.25, 0.3) is 22.2 Å². The van der Waals surface area contributed by atoms with E-state index in [-0.39, 0.29) is 22.7 Å². The van der Waals surface area contributed by atoms with Crippen LogP contribution in [-0.4, -0.2) is 24.9 Å². The van der Waals surface area contributed by atoms with E-state index in [4.69, 9.17) is 0 Å². The van der Waals surface area contributed by atoms with Gasteiger partial charge in [-0.15, -0.1) is 10.2 Å². The SMILES string of the molecule is Cn1c(=O)c(-c2[nH][nH]c(=O)c2N=Nc2ccccn2)c(O)c2ccccc21. The van der Waals surface area contributed by atoms with E-state index in [9.17, 15) is 14.7 Å². The molecule has 9 heteroatoms. The van der Waals surface area contributed by atoms with Crippen LogP contribution in [0.5, 0.6) is 5.75 Å². The number of aromatic hydroxyl groups is 1. The van der Waals surface area contributed by atoms with E-state index < -0.39 is 11.1 Å². The molecule has 0 amide bonds. The molecule has 1 aromatic carbocycles. The molecular formula is C18H14N6O3. The lowest BCUT2D eigenvalue weighted by Crippen LogP contribution is -2.19. The fourth-order valence-electron chi connectivity index (χ4n) is 2.85. The van der Waals surface area contributed by atoms with Crippen molar-refractivity contribution in [3.05, 3.63) is 69.4 Å². The highest BCUT2D eigenvalue weighted by atomic mass is 16.3. The van der Waals surface area contributed by atoms with E-state index in [1.54, 1.807) is 55.7 Å². The number of fused-ring (bicyclic) bond motifs is 1. The number of aromatic amines is 2. The Balaban J connectivity index is 1.95. The van der Waals surface area contributed by atoms with E-state index in [2.05, 4.69) is 25.4 Å². The summed E-state index contributed by atoms with van der Waals surface area (Å²) in [6.45, 7) is 0. The molecule has 0 aliphatic rings. The van der Waals surface area contributed by atoms with Crippen molar-refractivity contribution < 1.29 is 5.11 Å². The Kier molecular flexibility index (Phi) is 3.88. The highest BCUT2D eigenvalue weighted by Crippen LogP contribution is 2.35. The van der Waals surface area contributed by atoms with Crippen molar-refractivity contribution in [3.63, 3.8) is 0 Å². The number of hydrogen-bond acceptors (Lipinski definition) is 6. The van der Waals surface area contributed by atoms with Crippen LogP contribution >= 0.6 is 0 Å². The zero-order valence-corrected chi connectivity index (χ0v) is 14.2. The lowest BCUT2D eigenvalue weighted by Gasteiger charge is -2.10. The van der Waals surface area contributed by atoms with Crippen molar-refractivity contribution in [2.24, 2.45) is 17.3 Å². The second kappa shape index (κ2) is 6.37. The van der Waals surface area contributed by atoms with E-state index >= 15 is 0 Å². The molecule has 3 aromatic heterocycles. The maximum Gasteiger partial charge on any atom is 0.292 e. The van der Waals surface area contributed by atoms with Gasteiger partial charge in [0.2, 0.25) is 0 Å². The average molecular weight is 362 g/mol. The number of aryl methyl sites for hydroxylation is 1. The number of para-hydroxylation sites is 1. The van der Waals surface area contributed by atoms with Gasteiger partial charge in [-0.3, -0.25) is 19.8 Å². The van der Waals surface area contributed by atoms with Crippen LogP contribution in [0, 0.1) is 0 Å². The van der Waals surface area contributed by atoms with Gasteiger partial charge in [0.15, 0.2) is 11.5 Å². The molecule has 4 rings (SSSR count). The van der Waals surface area contributed by atoms with Crippen LogP contribution in [0.15, 0.2) is 68.5 Å². The molecule has 0 saturated carbocycles. The molecule has 0 atom stereocenters. The Morgan fingerprint density at radius 2 is 1.81 bits per heavy atom. The van der Waals surface area contributed by atoms with Gasteiger partial charge in [-0.25, -0.2) is 4.98 Å². The first-order chi connectivity index (χ1) is 13.1. The molecule has 0 spiro atoms. The van der Waals surface area contributed by atoms with E-state index in [1.807, 2.05) is 0 Å². The van der Waals surface area contributed by atoms with Crippen molar-refractivity contribution in [2.75, 3.05) is 0 Å². The van der Waals surface area contributed by atoms with Crippen molar-refractivity contribution in [2.45, 2.75) is 0 Å². The van der Waals surface area contributed by atoms with E-state index in [0.717, 1.165) is 0 Å². The number of aromatic nitrogens is 4.